The molecule has 0 bridgehead atoms. The van der Waals surface area contributed by atoms with E-state index in [9.17, 15) is 10.0 Å². The van der Waals surface area contributed by atoms with Crippen molar-refractivity contribution >= 4 is 16.8 Å². The third-order valence-corrected chi connectivity index (χ3v) is 3.14. The van der Waals surface area contributed by atoms with Gasteiger partial charge in [0.25, 0.3) is 0 Å². The molecule has 5 heteroatoms. The predicted octanol–water partition coefficient (Wildman–Crippen LogP) is 1.87. The molecule has 92 valence electrons. The zero-order chi connectivity index (χ0) is 12.7. The zero-order valence-electron chi connectivity index (χ0n) is 9.54. The first-order chi connectivity index (χ1) is 8.66. The minimum absolute atomic E-state index is 0.425. The Kier molecular flexibility index (Phi) is 2.34. The second-order valence-corrected chi connectivity index (χ2v) is 4.22. The first kappa shape index (κ1) is 10.9. The number of benzene rings is 2. The van der Waals surface area contributed by atoms with Crippen molar-refractivity contribution in [2.75, 3.05) is 0 Å². The fourth-order valence-corrected chi connectivity index (χ4v) is 2.28. The maximum atomic E-state index is 10.9. The molecule has 0 radical (unpaired) electrons. The van der Waals surface area contributed by atoms with Gasteiger partial charge in [-0.1, -0.05) is 30.3 Å². The van der Waals surface area contributed by atoms with Crippen molar-refractivity contribution in [3.8, 4) is 5.75 Å². The molecule has 18 heavy (non-hydrogen) atoms. The summed E-state index contributed by atoms with van der Waals surface area (Å²) in [4.78, 5) is 10.9. The van der Waals surface area contributed by atoms with E-state index in [1.54, 1.807) is 0 Å². The predicted molar refractivity (Wildman–Crippen MR) is 65.3 cm³/mol. The van der Waals surface area contributed by atoms with E-state index >= 15 is 0 Å². The highest BCUT2D eigenvalue weighted by atomic mass is 16.6. The molecule has 3 N–H and O–H groups in total. The van der Waals surface area contributed by atoms with Gasteiger partial charge in [0.1, 0.15) is 5.75 Å². The van der Waals surface area contributed by atoms with Gasteiger partial charge in [0, 0.05) is 12.0 Å². The van der Waals surface area contributed by atoms with Crippen LogP contribution in [-0.4, -0.2) is 22.5 Å². The lowest BCUT2D eigenvalue weighted by Crippen LogP contribution is -2.43. The Morgan fingerprint density at radius 2 is 2.11 bits per heavy atom. The van der Waals surface area contributed by atoms with Gasteiger partial charge in [0.15, 0.2) is 0 Å². The maximum Gasteiger partial charge on any atom is 0.341 e. The lowest BCUT2D eigenvalue weighted by atomic mass is 10.0. The van der Waals surface area contributed by atoms with E-state index in [0.717, 1.165) is 16.3 Å². The van der Waals surface area contributed by atoms with Crippen molar-refractivity contribution < 1.29 is 14.7 Å². The van der Waals surface area contributed by atoms with E-state index in [-0.39, 0.29) is 0 Å². The van der Waals surface area contributed by atoms with Crippen LogP contribution in [0.3, 0.4) is 0 Å². The van der Waals surface area contributed by atoms with Crippen LogP contribution >= 0.6 is 0 Å². The highest BCUT2D eigenvalue weighted by Crippen LogP contribution is 2.35. The number of carbonyl (C=O) groups excluding carboxylic acids is 1. The van der Waals surface area contributed by atoms with Crippen molar-refractivity contribution in [2.24, 2.45) is 5.73 Å². The van der Waals surface area contributed by atoms with Gasteiger partial charge in [-0.05, 0) is 16.8 Å². The van der Waals surface area contributed by atoms with Crippen molar-refractivity contribution in [1.29, 1.82) is 0 Å². The first-order valence-electron chi connectivity index (χ1n) is 5.61. The third-order valence-electron chi connectivity index (χ3n) is 3.14. The Morgan fingerprint density at radius 1 is 1.33 bits per heavy atom. The molecule has 0 saturated carbocycles. The van der Waals surface area contributed by atoms with Gasteiger partial charge < -0.3 is 10.5 Å². The number of carbonyl (C=O) groups is 1. The molecule has 1 aliphatic rings. The third kappa shape index (κ3) is 1.56. The number of hydroxylamine groups is 2. The second kappa shape index (κ2) is 3.89. The number of urea groups is 1. The summed E-state index contributed by atoms with van der Waals surface area (Å²) < 4.78 is 5.51. The Labute approximate surface area is 103 Å². The summed E-state index contributed by atoms with van der Waals surface area (Å²) in [6.45, 7) is 0. The van der Waals surface area contributed by atoms with Gasteiger partial charge in [0.05, 0.1) is 0 Å². The summed E-state index contributed by atoms with van der Waals surface area (Å²) in [5.74, 6) is 0.680. The summed E-state index contributed by atoms with van der Waals surface area (Å²) in [6.07, 6.45) is -0.320. The average Bonchev–Trinajstić information content (AvgIpc) is 2.81. The number of nitrogens with two attached hydrogens (primary N) is 1. The van der Waals surface area contributed by atoms with Crippen LogP contribution in [0, 0.1) is 0 Å². The summed E-state index contributed by atoms with van der Waals surface area (Å²) >= 11 is 0. The van der Waals surface area contributed by atoms with Crippen molar-refractivity contribution in [2.45, 2.75) is 12.6 Å². The number of ether oxygens (including phenoxy) is 1. The molecule has 0 aliphatic carbocycles. The van der Waals surface area contributed by atoms with E-state index < -0.39 is 12.3 Å². The highest BCUT2D eigenvalue weighted by molar-refractivity contribution is 5.88. The van der Waals surface area contributed by atoms with Crippen molar-refractivity contribution in [3.05, 3.63) is 42.0 Å². The van der Waals surface area contributed by atoms with E-state index in [0.29, 0.717) is 17.2 Å². The zero-order valence-corrected chi connectivity index (χ0v) is 9.54. The van der Waals surface area contributed by atoms with Crippen LogP contribution in [0.25, 0.3) is 10.8 Å². The lowest BCUT2D eigenvalue weighted by Gasteiger charge is -2.18. The first-order valence-corrected chi connectivity index (χ1v) is 5.61. The van der Waals surface area contributed by atoms with Gasteiger partial charge in [-0.25, -0.2) is 4.79 Å². The largest absolute Gasteiger partial charge is 0.467 e. The summed E-state index contributed by atoms with van der Waals surface area (Å²) in [5, 5.41) is 12.1. The molecule has 1 aliphatic heterocycles. The van der Waals surface area contributed by atoms with Crippen molar-refractivity contribution in [1.82, 2.24) is 5.06 Å². The molecule has 3 rings (SSSR count). The second-order valence-electron chi connectivity index (χ2n) is 4.22. The van der Waals surface area contributed by atoms with Crippen LogP contribution in [0.15, 0.2) is 36.4 Å². The van der Waals surface area contributed by atoms with Gasteiger partial charge in [-0.15, -0.1) is 0 Å². The highest BCUT2D eigenvalue weighted by Gasteiger charge is 2.30. The van der Waals surface area contributed by atoms with E-state index in [4.69, 9.17) is 10.5 Å². The number of fused-ring (bicyclic) bond motifs is 3. The topological polar surface area (TPSA) is 75.8 Å². The lowest BCUT2D eigenvalue weighted by molar-refractivity contribution is -0.131. The van der Waals surface area contributed by atoms with Crippen LogP contribution in [-0.2, 0) is 6.42 Å². The maximum absolute atomic E-state index is 10.9. The molecule has 5 nitrogen and oxygen atoms in total. The molecule has 0 aromatic heterocycles. The monoisotopic (exact) mass is 244 g/mol. The van der Waals surface area contributed by atoms with Gasteiger partial charge in [0.2, 0.25) is 6.23 Å². The van der Waals surface area contributed by atoms with Crippen LogP contribution in [0.5, 0.6) is 5.75 Å². The van der Waals surface area contributed by atoms with Gasteiger partial charge in [-0.3, -0.25) is 5.21 Å². The fraction of sp³-hybridized carbons (Fsp3) is 0.154. The Balaban J connectivity index is 2.03. The standard InChI is InChI=1S/C13H12N2O3/c14-13(16)15(17)12-7-10-9-4-2-1-3-8(9)5-6-11(10)18-12/h1-6,12,17H,7H2,(H2,14,16)/t12-/m1/s1. The van der Waals surface area contributed by atoms with Crippen molar-refractivity contribution in [3.63, 3.8) is 0 Å². The summed E-state index contributed by atoms with van der Waals surface area (Å²) in [5.41, 5.74) is 6.00. The van der Waals surface area contributed by atoms with E-state index in [1.165, 1.54) is 0 Å². The number of hydrogen-bond acceptors (Lipinski definition) is 3. The molecule has 1 heterocycles. The summed E-state index contributed by atoms with van der Waals surface area (Å²) in [7, 11) is 0. The molecule has 0 saturated heterocycles. The summed E-state index contributed by atoms with van der Waals surface area (Å²) in [6, 6.07) is 10.8. The fourth-order valence-electron chi connectivity index (χ4n) is 2.28. The SMILES string of the molecule is NC(=O)N(O)[C@H]1Cc2c(ccc3ccccc23)O1. The van der Waals surface area contributed by atoms with Crippen LogP contribution in [0.4, 0.5) is 4.79 Å². The van der Waals surface area contributed by atoms with Crippen LogP contribution in [0.1, 0.15) is 5.56 Å². The molecule has 0 spiro atoms. The number of hydrogen-bond donors (Lipinski definition) is 2. The Morgan fingerprint density at radius 3 is 2.89 bits per heavy atom. The smallest absolute Gasteiger partial charge is 0.341 e. The number of primary amides is 1. The number of amides is 2. The molecule has 2 aromatic rings. The Hall–Kier alpha value is -2.27. The molecule has 0 fully saturated rings. The normalized spacial score (nSPS) is 17.3. The minimum Gasteiger partial charge on any atom is -0.467 e. The molecular formula is C13H12N2O3. The number of nitrogens with zero attached hydrogens (tertiary/aromatic N) is 1. The van der Waals surface area contributed by atoms with Crippen LogP contribution < -0.4 is 10.5 Å². The molecule has 0 unspecified atom stereocenters. The number of rotatable bonds is 1. The van der Waals surface area contributed by atoms with E-state index in [1.807, 2.05) is 36.4 Å². The average molecular weight is 244 g/mol. The molecule has 2 amide bonds. The molecule has 2 aromatic carbocycles. The quantitative estimate of drug-likeness (QED) is 0.594. The molecule has 1 atom stereocenters. The van der Waals surface area contributed by atoms with Crippen LogP contribution in [0.2, 0.25) is 0 Å². The van der Waals surface area contributed by atoms with Gasteiger partial charge in [-0.2, -0.15) is 5.06 Å². The molecular weight excluding hydrogens is 232 g/mol. The van der Waals surface area contributed by atoms with E-state index in [2.05, 4.69) is 0 Å². The van der Waals surface area contributed by atoms with Gasteiger partial charge >= 0.3 is 6.03 Å². The minimum atomic E-state index is -0.919. The Bertz CT molecular complexity index is 627.